The van der Waals surface area contributed by atoms with Gasteiger partial charge in [-0.2, -0.15) is 0 Å². The molecular weight excluding hydrogens is 172 g/mol. The third-order valence-electron chi connectivity index (χ3n) is 1.88. The van der Waals surface area contributed by atoms with Gasteiger partial charge in [0.25, 0.3) is 0 Å². The third-order valence-corrected chi connectivity index (χ3v) is 1.88. The summed E-state index contributed by atoms with van der Waals surface area (Å²) < 4.78 is 25.7. The van der Waals surface area contributed by atoms with Gasteiger partial charge in [-0.25, -0.2) is 8.78 Å². The Kier molecular flexibility index (Phi) is 3.37. The van der Waals surface area contributed by atoms with Crippen molar-refractivity contribution in [2.45, 2.75) is 25.8 Å². The Balaban J connectivity index is 2.70. The van der Waals surface area contributed by atoms with Crippen molar-refractivity contribution in [1.82, 2.24) is 0 Å². The van der Waals surface area contributed by atoms with Crippen molar-refractivity contribution in [1.29, 1.82) is 0 Å². The molecule has 13 heavy (non-hydrogen) atoms. The molecule has 3 heteroatoms. The summed E-state index contributed by atoms with van der Waals surface area (Å²) in [6.07, 6.45) is 1.15. The first-order valence-electron chi connectivity index (χ1n) is 4.29. The molecule has 0 heterocycles. The highest BCUT2D eigenvalue weighted by Crippen LogP contribution is 2.12. The van der Waals surface area contributed by atoms with Crippen molar-refractivity contribution in [3.8, 4) is 0 Å². The van der Waals surface area contributed by atoms with E-state index in [1.54, 1.807) is 0 Å². The molecule has 1 nitrogen and oxygen atoms in total. The van der Waals surface area contributed by atoms with E-state index in [0.717, 1.165) is 12.1 Å². The molecule has 2 N–H and O–H groups in total. The predicted molar refractivity (Wildman–Crippen MR) is 48.3 cm³/mol. The summed E-state index contributed by atoms with van der Waals surface area (Å²) in [6, 6.07) is 3.50. The Hall–Kier alpha value is -0.960. The van der Waals surface area contributed by atoms with Crippen LogP contribution in [0, 0.1) is 11.6 Å². The Morgan fingerprint density at radius 1 is 1.38 bits per heavy atom. The molecule has 0 amide bonds. The summed E-state index contributed by atoms with van der Waals surface area (Å²) in [7, 11) is 0. The maximum Gasteiger partial charge on any atom is 0.126 e. The van der Waals surface area contributed by atoms with Crippen LogP contribution in [0.4, 0.5) is 8.78 Å². The SMILES string of the molecule is C[C@H](N)CCc1cc(F)ccc1F. The Morgan fingerprint density at radius 3 is 2.69 bits per heavy atom. The molecule has 0 aliphatic carbocycles. The first kappa shape index (κ1) is 10.1. The average Bonchev–Trinajstić information content (AvgIpc) is 2.06. The van der Waals surface area contributed by atoms with Crippen molar-refractivity contribution in [2.75, 3.05) is 0 Å². The minimum absolute atomic E-state index is 0.0164. The number of hydrogen-bond acceptors (Lipinski definition) is 1. The van der Waals surface area contributed by atoms with Crippen LogP contribution in [0.3, 0.4) is 0 Å². The maximum atomic E-state index is 13.0. The summed E-state index contributed by atoms with van der Waals surface area (Å²) in [5.41, 5.74) is 5.91. The van der Waals surface area contributed by atoms with Crippen molar-refractivity contribution in [2.24, 2.45) is 5.73 Å². The lowest BCUT2D eigenvalue weighted by Gasteiger charge is -2.05. The zero-order valence-electron chi connectivity index (χ0n) is 7.56. The predicted octanol–water partition coefficient (Wildman–Crippen LogP) is 2.24. The molecule has 0 aliphatic rings. The van der Waals surface area contributed by atoms with Crippen molar-refractivity contribution >= 4 is 0 Å². The molecule has 1 rings (SSSR count). The van der Waals surface area contributed by atoms with Gasteiger partial charge in [0.1, 0.15) is 11.6 Å². The second kappa shape index (κ2) is 4.33. The summed E-state index contributed by atoms with van der Waals surface area (Å²) >= 11 is 0. The largest absolute Gasteiger partial charge is 0.328 e. The van der Waals surface area contributed by atoms with Gasteiger partial charge in [0.05, 0.1) is 0 Å². The molecule has 72 valence electrons. The molecule has 0 saturated carbocycles. The van der Waals surface area contributed by atoms with Gasteiger partial charge in [0.15, 0.2) is 0 Å². The van der Waals surface area contributed by atoms with Gasteiger partial charge in [0, 0.05) is 6.04 Å². The van der Waals surface area contributed by atoms with Gasteiger partial charge in [-0.15, -0.1) is 0 Å². The van der Waals surface area contributed by atoms with Gasteiger partial charge >= 0.3 is 0 Å². The number of benzene rings is 1. The number of aryl methyl sites for hydroxylation is 1. The number of hydrogen-bond donors (Lipinski definition) is 1. The minimum Gasteiger partial charge on any atom is -0.328 e. The number of halogens is 2. The van der Waals surface area contributed by atoms with Gasteiger partial charge in [0.2, 0.25) is 0 Å². The standard InChI is InChI=1S/C10H13F2N/c1-7(13)2-3-8-6-9(11)4-5-10(8)12/h4-7H,2-3,13H2,1H3/t7-/m0/s1. The maximum absolute atomic E-state index is 13.0. The van der Waals surface area contributed by atoms with Gasteiger partial charge in [-0.05, 0) is 43.5 Å². The van der Waals surface area contributed by atoms with Crippen LogP contribution in [-0.4, -0.2) is 6.04 Å². The Bertz CT molecular complexity index is 284. The van der Waals surface area contributed by atoms with E-state index in [2.05, 4.69) is 0 Å². The fourth-order valence-corrected chi connectivity index (χ4v) is 1.12. The molecule has 0 fully saturated rings. The van der Waals surface area contributed by atoms with Crippen molar-refractivity contribution in [3.63, 3.8) is 0 Å². The third kappa shape index (κ3) is 3.11. The normalized spacial score (nSPS) is 12.9. The Labute approximate surface area is 76.6 Å². The van der Waals surface area contributed by atoms with Crippen LogP contribution in [-0.2, 0) is 6.42 Å². The fraction of sp³-hybridized carbons (Fsp3) is 0.400. The number of rotatable bonds is 3. The topological polar surface area (TPSA) is 26.0 Å². The van der Waals surface area contributed by atoms with E-state index in [1.807, 2.05) is 6.92 Å². The zero-order chi connectivity index (χ0) is 9.84. The van der Waals surface area contributed by atoms with Crippen LogP contribution in [0.15, 0.2) is 18.2 Å². The van der Waals surface area contributed by atoms with Crippen LogP contribution >= 0.6 is 0 Å². The molecule has 0 aliphatic heterocycles. The van der Waals surface area contributed by atoms with Gasteiger partial charge < -0.3 is 5.73 Å². The molecule has 0 spiro atoms. The summed E-state index contributed by atoms with van der Waals surface area (Å²) in [5, 5.41) is 0. The molecular formula is C10H13F2N. The summed E-state index contributed by atoms with van der Waals surface area (Å²) in [4.78, 5) is 0. The van der Waals surface area contributed by atoms with Crippen molar-refractivity contribution in [3.05, 3.63) is 35.4 Å². The molecule has 0 unspecified atom stereocenters. The molecule has 0 radical (unpaired) electrons. The highest BCUT2D eigenvalue weighted by molar-refractivity contribution is 5.18. The van der Waals surface area contributed by atoms with E-state index < -0.39 is 5.82 Å². The molecule has 0 bridgehead atoms. The van der Waals surface area contributed by atoms with Crippen LogP contribution < -0.4 is 5.73 Å². The van der Waals surface area contributed by atoms with Crippen LogP contribution in [0.2, 0.25) is 0 Å². The quantitative estimate of drug-likeness (QED) is 0.767. The van der Waals surface area contributed by atoms with Gasteiger partial charge in [-0.1, -0.05) is 0 Å². The lowest BCUT2D eigenvalue weighted by molar-refractivity contribution is 0.571. The summed E-state index contributed by atoms with van der Waals surface area (Å²) in [5.74, 6) is -0.761. The molecule has 0 saturated heterocycles. The molecule has 1 atom stereocenters. The monoisotopic (exact) mass is 185 g/mol. The Morgan fingerprint density at radius 2 is 2.08 bits per heavy atom. The van der Waals surface area contributed by atoms with E-state index in [1.165, 1.54) is 6.07 Å². The molecule has 0 aromatic heterocycles. The lowest BCUT2D eigenvalue weighted by Crippen LogP contribution is -2.15. The molecule has 1 aromatic carbocycles. The highest BCUT2D eigenvalue weighted by atomic mass is 19.1. The zero-order valence-corrected chi connectivity index (χ0v) is 7.56. The van der Waals surface area contributed by atoms with E-state index >= 15 is 0 Å². The van der Waals surface area contributed by atoms with Crippen LogP contribution in [0.25, 0.3) is 0 Å². The smallest absolute Gasteiger partial charge is 0.126 e. The second-order valence-corrected chi connectivity index (χ2v) is 3.25. The summed E-state index contributed by atoms with van der Waals surface area (Å²) in [6.45, 7) is 1.84. The van der Waals surface area contributed by atoms with Crippen molar-refractivity contribution < 1.29 is 8.78 Å². The molecule has 1 aromatic rings. The average molecular weight is 185 g/mol. The minimum atomic E-state index is -0.402. The fourth-order valence-electron chi connectivity index (χ4n) is 1.12. The first-order valence-corrected chi connectivity index (χ1v) is 4.29. The lowest BCUT2D eigenvalue weighted by atomic mass is 10.1. The van der Waals surface area contributed by atoms with E-state index in [4.69, 9.17) is 5.73 Å². The first-order chi connectivity index (χ1) is 6.09. The van der Waals surface area contributed by atoms with Crippen LogP contribution in [0.5, 0.6) is 0 Å². The van der Waals surface area contributed by atoms with Crippen LogP contribution in [0.1, 0.15) is 18.9 Å². The van der Waals surface area contributed by atoms with Gasteiger partial charge in [-0.3, -0.25) is 0 Å². The van der Waals surface area contributed by atoms with E-state index in [9.17, 15) is 8.78 Å². The second-order valence-electron chi connectivity index (χ2n) is 3.25. The highest BCUT2D eigenvalue weighted by Gasteiger charge is 2.04. The van der Waals surface area contributed by atoms with E-state index in [0.29, 0.717) is 18.4 Å². The van der Waals surface area contributed by atoms with E-state index in [-0.39, 0.29) is 11.9 Å². The number of nitrogens with two attached hydrogens (primary N) is 1.